The van der Waals surface area contributed by atoms with Crippen molar-refractivity contribution in [1.29, 1.82) is 0 Å². The number of hydrogen-bond donors (Lipinski definition) is 1. The molecule has 1 N–H and O–H groups in total. The maximum Gasteiger partial charge on any atom is 0.222 e. The molecule has 1 fully saturated rings. The Morgan fingerprint density at radius 2 is 1.89 bits per heavy atom. The number of aliphatic imine (C=N–C) groups is 2. The number of benzene rings is 1. The quantitative estimate of drug-likeness (QED) is 0.840. The number of anilines is 1. The summed E-state index contributed by atoms with van der Waals surface area (Å²) in [4.78, 5) is 25.2. The van der Waals surface area contributed by atoms with E-state index < -0.39 is 0 Å². The molecule has 148 valence electrons. The molecule has 2 unspecified atom stereocenters. The third-order valence-corrected chi connectivity index (χ3v) is 5.47. The summed E-state index contributed by atoms with van der Waals surface area (Å²) in [5.74, 6) is 0.126. The summed E-state index contributed by atoms with van der Waals surface area (Å²) in [5.41, 5.74) is 4.55. The van der Waals surface area contributed by atoms with Gasteiger partial charge in [0.15, 0.2) is 0 Å². The normalized spacial score (nSPS) is 23.6. The number of carbonyl (C=O) groups is 1. The molecule has 1 aromatic rings. The fourth-order valence-electron chi connectivity index (χ4n) is 3.88. The Hall–Kier alpha value is -2.67. The Morgan fingerprint density at radius 1 is 1.18 bits per heavy atom. The van der Waals surface area contributed by atoms with Gasteiger partial charge in [0, 0.05) is 57.4 Å². The standard InChI is InChI=1S/C21H27N5O2/c1-25(2)18(27)8-7-17-19(24-21-20(17)22-9-10-23-21)15-3-5-16(6-4-15)26-11-13-28-14-12-26/h3-6,9-10,20-21,24H,7-8,11-14H2,1-2H3. The third kappa shape index (κ3) is 3.80. The van der Waals surface area contributed by atoms with Gasteiger partial charge in [-0.1, -0.05) is 12.1 Å². The first-order chi connectivity index (χ1) is 13.6. The summed E-state index contributed by atoms with van der Waals surface area (Å²) in [7, 11) is 3.58. The average molecular weight is 381 g/mol. The lowest BCUT2D eigenvalue weighted by Crippen LogP contribution is -2.36. The zero-order valence-corrected chi connectivity index (χ0v) is 16.5. The lowest BCUT2D eigenvalue weighted by atomic mass is 9.98. The number of amides is 1. The Balaban J connectivity index is 1.58. The van der Waals surface area contributed by atoms with Crippen LogP contribution in [0.4, 0.5) is 5.69 Å². The highest BCUT2D eigenvalue weighted by atomic mass is 16.5. The van der Waals surface area contributed by atoms with Gasteiger partial charge in [0.25, 0.3) is 0 Å². The molecule has 28 heavy (non-hydrogen) atoms. The number of carbonyl (C=O) groups excluding carboxylic acids is 1. The van der Waals surface area contributed by atoms with Crippen molar-refractivity contribution in [3.8, 4) is 0 Å². The molecule has 3 aliphatic rings. The van der Waals surface area contributed by atoms with Crippen LogP contribution in [0.1, 0.15) is 18.4 Å². The van der Waals surface area contributed by atoms with Gasteiger partial charge in [-0.3, -0.25) is 14.8 Å². The number of nitrogens with zero attached hydrogens (tertiary/aromatic N) is 4. The van der Waals surface area contributed by atoms with E-state index in [9.17, 15) is 4.79 Å². The lowest BCUT2D eigenvalue weighted by molar-refractivity contribution is -0.128. The van der Waals surface area contributed by atoms with Gasteiger partial charge in [-0.25, -0.2) is 0 Å². The molecule has 4 rings (SSSR count). The Labute approximate surface area is 165 Å². The number of hydrogen-bond acceptors (Lipinski definition) is 6. The van der Waals surface area contributed by atoms with Crippen molar-refractivity contribution in [2.45, 2.75) is 25.0 Å². The molecule has 0 spiro atoms. The Morgan fingerprint density at radius 3 is 2.61 bits per heavy atom. The van der Waals surface area contributed by atoms with Crippen LogP contribution in [0, 0.1) is 0 Å². The van der Waals surface area contributed by atoms with Crippen molar-refractivity contribution >= 4 is 29.7 Å². The predicted octanol–water partition coefficient (Wildman–Crippen LogP) is 1.56. The van der Waals surface area contributed by atoms with Crippen molar-refractivity contribution in [1.82, 2.24) is 10.2 Å². The van der Waals surface area contributed by atoms with E-state index in [2.05, 4.69) is 44.5 Å². The van der Waals surface area contributed by atoms with Crippen LogP contribution in [-0.4, -0.2) is 75.8 Å². The van der Waals surface area contributed by atoms with E-state index in [0.717, 1.165) is 43.1 Å². The maximum absolute atomic E-state index is 12.1. The molecular formula is C21H27N5O2. The van der Waals surface area contributed by atoms with Gasteiger partial charge in [0.1, 0.15) is 12.2 Å². The highest BCUT2D eigenvalue weighted by Gasteiger charge is 2.35. The molecule has 1 saturated heterocycles. The average Bonchev–Trinajstić information content (AvgIpc) is 3.11. The topological polar surface area (TPSA) is 69.5 Å². The minimum Gasteiger partial charge on any atom is -0.378 e. The van der Waals surface area contributed by atoms with Crippen LogP contribution in [0.25, 0.3) is 5.70 Å². The van der Waals surface area contributed by atoms with Crippen molar-refractivity contribution in [3.05, 3.63) is 35.4 Å². The van der Waals surface area contributed by atoms with E-state index in [1.54, 1.807) is 31.4 Å². The molecule has 1 amide bonds. The van der Waals surface area contributed by atoms with Crippen LogP contribution in [-0.2, 0) is 9.53 Å². The van der Waals surface area contributed by atoms with Crippen LogP contribution in [0.15, 0.2) is 39.8 Å². The van der Waals surface area contributed by atoms with E-state index in [-0.39, 0.29) is 18.1 Å². The monoisotopic (exact) mass is 381 g/mol. The molecule has 0 radical (unpaired) electrons. The zero-order valence-electron chi connectivity index (χ0n) is 16.5. The molecule has 0 aliphatic carbocycles. The zero-order chi connectivity index (χ0) is 19.5. The van der Waals surface area contributed by atoms with E-state index in [4.69, 9.17) is 4.74 Å². The summed E-state index contributed by atoms with van der Waals surface area (Å²) in [6.07, 6.45) is 4.56. The molecule has 1 aromatic carbocycles. The van der Waals surface area contributed by atoms with Crippen molar-refractivity contribution in [2.24, 2.45) is 9.98 Å². The first-order valence-electron chi connectivity index (χ1n) is 9.81. The Kier molecular flexibility index (Phi) is 5.43. The molecule has 0 aromatic heterocycles. The minimum atomic E-state index is -0.0802. The van der Waals surface area contributed by atoms with E-state index in [1.807, 2.05) is 0 Å². The summed E-state index contributed by atoms with van der Waals surface area (Å²) < 4.78 is 5.44. The van der Waals surface area contributed by atoms with Crippen LogP contribution in [0.3, 0.4) is 0 Å². The smallest absolute Gasteiger partial charge is 0.222 e. The number of nitrogens with one attached hydrogen (secondary N) is 1. The SMILES string of the molecule is CN(C)C(=O)CCC1=C(c2ccc(N3CCOCC3)cc2)NC2N=CC=NC12. The Bertz CT molecular complexity index is 807. The molecule has 3 heterocycles. The van der Waals surface area contributed by atoms with Gasteiger partial charge in [-0.2, -0.15) is 0 Å². The first-order valence-corrected chi connectivity index (χ1v) is 9.81. The number of fused-ring (bicyclic) bond motifs is 1. The van der Waals surface area contributed by atoms with Gasteiger partial charge in [0.2, 0.25) is 5.91 Å². The van der Waals surface area contributed by atoms with E-state index in [1.165, 1.54) is 5.69 Å². The van der Waals surface area contributed by atoms with Crippen molar-refractivity contribution in [3.63, 3.8) is 0 Å². The molecule has 3 aliphatic heterocycles. The van der Waals surface area contributed by atoms with Crippen molar-refractivity contribution < 1.29 is 9.53 Å². The summed E-state index contributed by atoms with van der Waals surface area (Å²) in [5, 5.41) is 3.52. The second-order valence-electron chi connectivity index (χ2n) is 7.46. The highest BCUT2D eigenvalue weighted by molar-refractivity contribution is 6.16. The molecular weight excluding hydrogens is 354 g/mol. The fraction of sp³-hybridized carbons (Fsp3) is 0.476. The van der Waals surface area contributed by atoms with Gasteiger partial charge in [-0.05, 0) is 29.7 Å². The number of rotatable bonds is 5. The van der Waals surface area contributed by atoms with Gasteiger partial charge in [-0.15, -0.1) is 0 Å². The van der Waals surface area contributed by atoms with Gasteiger partial charge in [0.05, 0.1) is 13.2 Å². The molecule has 7 heteroatoms. The number of ether oxygens (including phenoxy) is 1. The summed E-state index contributed by atoms with van der Waals surface area (Å²) >= 11 is 0. The first kappa shape index (κ1) is 18.7. The molecule has 7 nitrogen and oxygen atoms in total. The minimum absolute atomic E-state index is 0.0334. The predicted molar refractivity (Wildman–Crippen MR) is 112 cm³/mol. The van der Waals surface area contributed by atoms with Crippen LogP contribution in [0.2, 0.25) is 0 Å². The van der Waals surface area contributed by atoms with E-state index >= 15 is 0 Å². The van der Waals surface area contributed by atoms with Gasteiger partial charge >= 0.3 is 0 Å². The highest BCUT2D eigenvalue weighted by Crippen LogP contribution is 2.34. The van der Waals surface area contributed by atoms with Gasteiger partial charge < -0.3 is 19.9 Å². The second-order valence-corrected chi connectivity index (χ2v) is 7.46. The number of morpholine rings is 1. The largest absolute Gasteiger partial charge is 0.378 e. The second kappa shape index (κ2) is 8.14. The lowest BCUT2D eigenvalue weighted by Gasteiger charge is -2.29. The molecule has 0 saturated carbocycles. The fourth-order valence-corrected chi connectivity index (χ4v) is 3.88. The maximum atomic E-state index is 12.1. The van der Waals surface area contributed by atoms with E-state index in [0.29, 0.717) is 12.8 Å². The van der Waals surface area contributed by atoms with Crippen LogP contribution < -0.4 is 10.2 Å². The summed E-state index contributed by atoms with van der Waals surface area (Å²) in [6, 6.07) is 8.57. The molecule has 2 atom stereocenters. The third-order valence-electron chi connectivity index (χ3n) is 5.47. The van der Waals surface area contributed by atoms with Crippen LogP contribution >= 0.6 is 0 Å². The molecule has 0 bridgehead atoms. The van der Waals surface area contributed by atoms with Crippen molar-refractivity contribution in [2.75, 3.05) is 45.3 Å². The summed E-state index contributed by atoms with van der Waals surface area (Å²) in [6.45, 7) is 3.40. The van der Waals surface area contributed by atoms with Crippen LogP contribution in [0.5, 0.6) is 0 Å².